The Hall–Kier alpha value is -2.99. The number of benzene rings is 1. The standard InChI is InChI=1S/C20H17ClN6/c1-12-8-17(27-7-6-13-4-2-3-5-14(13)11-27)26-19(24-12)15-9-22-20-18(15)25-16(21)10-23-20/h2-5,8-10H,6-7,11H2,1H3,(H,22,23). The van der Waals surface area contributed by atoms with Crippen LogP contribution in [0.2, 0.25) is 5.15 Å². The lowest BCUT2D eigenvalue weighted by Crippen LogP contribution is -2.31. The predicted octanol–water partition coefficient (Wildman–Crippen LogP) is 3.94. The lowest BCUT2D eigenvalue weighted by Gasteiger charge is -2.30. The number of fused-ring (bicyclic) bond motifs is 2. The van der Waals surface area contributed by atoms with Gasteiger partial charge in [-0.3, -0.25) is 0 Å². The van der Waals surface area contributed by atoms with Crippen LogP contribution in [0.15, 0.2) is 42.7 Å². The highest BCUT2D eigenvalue weighted by atomic mass is 35.5. The van der Waals surface area contributed by atoms with Crippen molar-refractivity contribution in [1.29, 1.82) is 0 Å². The van der Waals surface area contributed by atoms with Crippen LogP contribution in [0.3, 0.4) is 0 Å². The zero-order chi connectivity index (χ0) is 18.4. The molecule has 0 bridgehead atoms. The summed E-state index contributed by atoms with van der Waals surface area (Å²) >= 11 is 6.03. The smallest absolute Gasteiger partial charge is 0.165 e. The second kappa shape index (κ2) is 6.32. The summed E-state index contributed by atoms with van der Waals surface area (Å²) in [6, 6.07) is 10.6. The van der Waals surface area contributed by atoms with Crippen LogP contribution < -0.4 is 4.90 Å². The average molecular weight is 377 g/mol. The van der Waals surface area contributed by atoms with Crippen molar-refractivity contribution in [1.82, 2.24) is 24.9 Å². The number of hydrogen-bond donors (Lipinski definition) is 1. The second-order valence-corrected chi connectivity index (χ2v) is 7.11. The fraction of sp³-hybridized carbons (Fsp3) is 0.200. The van der Waals surface area contributed by atoms with E-state index in [-0.39, 0.29) is 0 Å². The summed E-state index contributed by atoms with van der Waals surface area (Å²) in [6.07, 6.45) is 4.38. The number of aromatic amines is 1. The summed E-state index contributed by atoms with van der Waals surface area (Å²) < 4.78 is 0. The van der Waals surface area contributed by atoms with Gasteiger partial charge in [-0.05, 0) is 24.5 Å². The van der Waals surface area contributed by atoms with E-state index >= 15 is 0 Å². The summed E-state index contributed by atoms with van der Waals surface area (Å²) in [4.78, 5) is 23.5. The molecule has 6 nitrogen and oxygen atoms in total. The van der Waals surface area contributed by atoms with Crippen molar-refractivity contribution in [2.75, 3.05) is 11.4 Å². The van der Waals surface area contributed by atoms with E-state index in [9.17, 15) is 0 Å². The van der Waals surface area contributed by atoms with Gasteiger partial charge in [0.15, 0.2) is 11.5 Å². The van der Waals surface area contributed by atoms with E-state index in [1.165, 1.54) is 17.3 Å². The molecule has 4 heterocycles. The zero-order valence-electron chi connectivity index (χ0n) is 14.8. The van der Waals surface area contributed by atoms with Crippen LogP contribution in [0.1, 0.15) is 16.8 Å². The van der Waals surface area contributed by atoms with Crippen LogP contribution in [-0.2, 0) is 13.0 Å². The third-order valence-corrected chi connectivity index (χ3v) is 5.07. The topological polar surface area (TPSA) is 70.6 Å². The van der Waals surface area contributed by atoms with Gasteiger partial charge in [0.25, 0.3) is 0 Å². The van der Waals surface area contributed by atoms with Crippen molar-refractivity contribution in [3.8, 4) is 11.4 Å². The van der Waals surface area contributed by atoms with Gasteiger partial charge in [0, 0.05) is 31.0 Å². The molecule has 0 spiro atoms. The number of nitrogens with zero attached hydrogens (tertiary/aromatic N) is 5. The summed E-state index contributed by atoms with van der Waals surface area (Å²) in [5.74, 6) is 1.56. The van der Waals surface area contributed by atoms with E-state index < -0.39 is 0 Å². The molecule has 3 aromatic heterocycles. The first-order chi connectivity index (χ1) is 13.2. The minimum Gasteiger partial charge on any atom is -0.352 e. The van der Waals surface area contributed by atoms with Gasteiger partial charge in [-0.2, -0.15) is 0 Å². The molecule has 0 aliphatic carbocycles. The van der Waals surface area contributed by atoms with Gasteiger partial charge >= 0.3 is 0 Å². The van der Waals surface area contributed by atoms with Crippen molar-refractivity contribution in [3.05, 3.63) is 64.7 Å². The van der Waals surface area contributed by atoms with Gasteiger partial charge in [-0.15, -0.1) is 0 Å². The number of halogens is 1. The van der Waals surface area contributed by atoms with Gasteiger partial charge in [0.2, 0.25) is 0 Å². The Morgan fingerprint density at radius 3 is 2.85 bits per heavy atom. The molecular formula is C20H17ClN6. The summed E-state index contributed by atoms with van der Waals surface area (Å²) in [6.45, 7) is 3.78. The lowest BCUT2D eigenvalue weighted by molar-refractivity contribution is 0.719. The Bertz CT molecular complexity index is 1150. The molecule has 1 aliphatic rings. The molecule has 0 fully saturated rings. The summed E-state index contributed by atoms with van der Waals surface area (Å²) in [5.41, 5.74) is 5.85. The maximum Gasteiger partial charge on any atom is 0.165 e. The van der Waals surface area contributed by atoms with Gasteiger partial charge in [0.05, 0.1) is 11.8 Å². The van der Waals surface area contributed by atoms with E-state index in [0.29, 0.717) is 22.1 Å². The molecule has 0 unspecified atom stereocenters. The average Bonchev–Trinajstić information content (AvgIpc) is 3.10. The van der Waals surface area contributed by atoms with Crippen molar-refractivity contribution >= 4 is 28.6 Å². The van der Waals surface area contributed by atoms with E-state index in [0.717, 1.165) is 36.6 Å². The fourth-order valence-corrected chi connectivity index (χ4v) is 3.70. The third-order valence-electron chi connectivity index (χ3n) is 4.89. The maximum atomic E-state index is 6.03. The number of rotatable bonds is 2. The van der Waals surface area contributed by atoms with E-state index in [4.69, 9.17) is 16.6 Å². The Balaban J connectivity index is 1.56. The van der Waals surface area contributed by atoms with Gasteiger partial charge in [-0.25, -0.2) is 19.9 Å². The monoisotopic (exact) mass is 376 g/mol. The highest BCUT2D eigenvalue weighted by Crippen LogP contribution is 2.28. The molecule has 0 radical (unpaired) electrons. The first-order valence-corrected chi connectivity index (χ1v) is 9.22. The van der Waals surface area contributed by atoms with E-state index in [2.05, 4.69) is 49.1 Å². The Morgan fingerprint density at radius 1 is 1.11 bits per heavy atom. The molecule has 1 aromatic carbocycles. The largest absolute Gasteiger partial charge is 0.352 e. The van der Waals surface area contributed by atoms with Crippen LogP contribution in [-0.4, -0.2) is 31.5 Å². The minimum atomic E-state index is 0.351. The quantitative estimate of drug-likeness (QED) is 0.573. The van der Waals surface area contributed by atoms with Crippen LogP contribution in [0.5, 0.6) is 0 Å². The minimum absolute atomic E-state index is 0.351. The molecule has 27 heavy (non-hydrogen) atoms. The number of aryl methyl sites for hydroxylation is 1. The van der Waals surface area contributed by atoms with Crippen molar-refractivity contribution in [2.24, 2.45) is 0 Å². The highest BCUT2D eigenvalue weighted by Gasteiger charge is 2.19. The molecule has 0 saturated heterocycles. The molecule has 5 rings (SSSR count). The first kappa shape index (κ1) is 16.2. The summed E-state index contributed by atoms with van der Waals surface area (Å²) in [7, 11) is 0. The van der Waals surface area contributed by atoms with Crippen molar-refractivity contribution < 1.29 is 0 Å². The number of H-pyrrole nitrogens is 1. The van der Waals surface area contributed by atoms with Crippen LogP contribution in [0.25, 0.3) is 22.6 Å². The van der Waals surface area contributed by atoms with Gasteiger partial charge in [-0.1, -0.05) is 35.9 Å². The number of hydrogen-bond acceptors (Lipinski definition) is 5. The number of anilines is 1. The molecule has 0 amide bonds. The highest BCUT2D eigenvalue weighted by molar-refractivity contribution is 6.29. The maximum absolute atomic E-state index is 6.03. The lowest BCUT2D eigenvalue weighted by atomic mass is 10.00. The third kappa shape index (κ3) is 2.92. The number of aromatic nitrogens is 5. The van der Waals surface area contributed by atoms with Crippen molar-refractivity contribution in [3.63, 3.8) is 0 Å². The number of nitrogens with one attached hydrogen (secondary N) is 1. The molecule has 1 N–H and O–H groups in total. The van der Waals surface area contributed by atoms with Gasteiger partial charge < -0.3 is 9.88 Å². The Labute approximate surface area is 161 Å². The SMILES string of the molecule is Cc1cc(N2CCc3ccccc3C2)nc(-c2c[nH]c3ncc(Cl)nc23)n1. The molecule has 134 valence electrons. The van der Waals surface area contributed by atoms with Crippen LogP contribution >= 0.6 is 11.6 Å². The molecule has 0 saturated carbocycles. The van der Waals surface area contributed by atoms with E-state index in [1.807, 2.05) is 19.2 Å². The van der Waals surface area contributed by atoms with Crippen LogP contribution in [0.4, 0.5) is 5.82 Å². The molecular weight excluding hydrogens is 360 g/mol. The molecule has 1 aliphatic heterocycles. The molecule has 4 aromatic rings. The molecule has 7 heteroatoms. The van der Waals surface area contributed by atoms with Gasteiger partial charge in [0.1, 0.15) is 16.5 Å². The van der Waals surface area contributed by atoms with Crippen molar-refractivity contribution in [2.45, 2.75) is 19.9 Å². The fourth-order valence-electron chi connectivity index (χ4n) is 3.57. The first-order valence-electron chi connectivity index (χ1n) is 8.85. The second-order valence-electron chi connectivity index (χ2n) is 6.72. The van der Waals surface area contributed by atoms with E-state index in [1.54, 1.807) is 0 Å². The normalized spacial score (nSPS) is 13.8. The predicted molar refractivity (Wildman–Crippen MR) is 106 cm³/mol. The zero-order valence-corrected chi connectivity index (χ0v) is 15.5. The van der Waals surface area contributed by atoms with Crippen LogP contribution in [0, 0.1) is 6.92 Å². The Morgan fingerprint density at radius 2 is 1.96 bits per heavy atom. The Kier molecular flexibility index (Phi) is 3.79. The summed E-state index contributed by atoms with van der Waals surface area (Å²) in [5, 5.41) is 0.351. The molecule has 0 atom stereocenters.